The van der Waals surface area contributed by atoms with Crippen LogP contribution in [0.3, 0.4) is 0 Å². The highest BCUT2D eigenvalue weighted by atomic mass is 19.4. The van der Waals surface area contributed by atoms with Crippen LogP contribution >= 0.6 is 0 Å². The first-order valence-corrected chi connectivity index (χ1v) is 9.27. The lowest BCUT2D eigenvalue weighted by molar-refractivity contribution is -0.192. The molecular formula is C21H20F3N3O6. The maximum Gasteiger partial charge on any atom is 0.490 e. The average molecular weight is 467 g/mol. The van der Waals surface area contributed by atoms with Gasteiger partial charge in [0.05, 0.1) is 5.92 Å². The van der Waals surface area contributed by atoms with Crippen LogP contribution in [-0.4, -0.2) is 64.9 Å². The molecule has 0 fully saturated rings. The quantitative estimate of drug-likeness (QED) is 0.388. The van der Waals surface area contributed by atoms with E-state index in [2.05, 4.69) is 0 Å². The van der Waals surface area contributed by atoms with Gasteiger partial charge in [-0.15, -0.1) is 0 Å². The largest absolute Gasteiger partial charge is 0.490 e. The number of alkyl halides is 3. The number of nitrogens with one attached hydrogen (secondary N) is 1. The Labute approximate surface area is 185 Å². The molecule has 0 radical (unpaired) electrons. The number of halogens is 3. The molecule has 0 aliphatic carbocycles. The molecule has 2 unspecified atom stereocenters. The van der Waals surface area contributed by atoms with Crippen LogP contribution in [0.25, 0.3) is 0 Å². The van der Waals surface area contributed by atoms with E-state index >= 15 is 0 Å². The van der Waals surface area contributed by atoms with E-state index in [1.165, 1.54) is 12.0 Å². The molecule has 1 aliphatic heterocycles. The van der Waals surface area contributed by atoms with E-state index in [1.807, 2.05) is 24.3 Å². The molecule has 2 aromatic rings. The third-order valence-electron chi connectivity index (χ3n) is 4.75. The SMILES string of the molecule is COC1C(c2ccc(C(=N)N)cc2)c2ccccc2C(=O)N1CC(=O)O.O=C(O)C(F)(F)F. The predicted molar refractivity (Wildman–Crippen MR) is 109 cm³/mol. The van der Waals surface area contributed by atoms with E-state index in [1.54, 1.807) is 24.3 Å². The summed E-state index contributed by atoms with van der Waals surface area (Å²) in [7, 11) is 1.46. The number of hydrogen-bond donors (Lipinski definition) is 4. The van der Waals surface area contributed by atoms with Gasteiger partial charge < -0.3 is 25.6 Å². The topological polar surface area (TPSA) is 154 Å². The lowest BCUT2D eigenvalue weighted by Crippen LogP contribution is -2.51. The molecule has 0 aromatic heterocycles. The first kappa shape index (κ1) is 25.3. The van der Waals surface area contributed by atoms with Crippen molar-refractivity contribution in [3.8, 4) is 0 Å². The minimum atomic E-state index is -5.08. The second-order valence-electron chi connectivity index (χ2n) is 6.86. The van der Waals surface area contributed by atoms with Gasteiger partial charge in [-0.05, 0) is 17.2 Å². The molecule has 3 rings (SSSR count). The number of carboxylic acids is 2. The molecule has 0 bridgehead atoms. The van der Waals surface area contributed by atoms with Crippen LogP contribution in [0.2, 0.25) is 0 Å². The summed E-state index contributed by atoms with van der Waals surface area (Å²) in [5, 5.41) is 23.9. The number of nitrogens with zero attached hydrogens (tertiary/aromatic N) is 1. The van der Waals surface area contributed by atoms with Gasteiger partial charge in [-0.25, -0.2) is 4.79 Å². The molecule has 1 amide bonds. The van der Waals surface area contributed by atoms with Crippen LogP contribution in [0.4, 0.5) is 13.2 Å². The molecule has 12 heteroatoms. The summed E-state index contributed by atoms with van der Waals surface area (Å²) in [6.45, 7) is -0.451. The number of aliphatic carboxylic acids is 2. The minimum Gasteiger partial charge on any atom is -0.480 e. The molecule has 1 heterocycles. The average Bonchev–Trinajstić information content (AvgIpc) is 2.75. The standard InChI is InChI=1S/C19H19N3O4.C2HF3O2/c1-26-19-16(11-6-8-12(9-7-11)17(20)21)13-4-2-3-5-14(13)18(25)22(19)10-15(23)24;3-2(4,5)1(6)7/h2-9,16,19H,10H2,1H3,(H3,20,21)(H,23,24);(H,6,7). The number of amidine groups is 1. The molecule has 0 spiro atoms. The summed E-state index contributed by atoms with van der Waals surface area (Å²) < 4.78 is 37.3. The zero-order chi connectivity index (χ0) is 24.9. The number of nitrogens with two attached hydrogens (primary N) is 1. The van der Waals surface area contributed by atoms with E-state index in [-0.39, 0.29) is 17.7 Å². The molecule has 33 heavy (non-hydrogen) atoms. The smallest absolute Gasteiger partial charge is 0.480 e. The van der Waals surface area contributed by atoms with Crippen molar-refractivity contribution in [1.82, 2.24) is 4.90 Å². The first-order valence-electron chi connectivity index (χ1n) is 9.27. The number of amides is 1. The number of ether oxygens (including phenoxy) is 1. The zero-order valence-corrected chi connectivity index (χ0v) is 17.2. The highest BCUT2D eigenvalue weighted by Crippen LogP contribution is 2.38. The van der Waals surface area contributed by atoms with E-state index in [0.29, 0.717) is 11.1 Å². The number of carboxylic acid groups (broad SMARTS) is 2. The van der Waals surface area contributed by atoms with Crippen LogP contribution in [0.15, 0.2) is 48.5 Å². The highest BCUT2D eigenvalue weighted by molar-refractivity contribution is 5.99. The second kappa shape index (κ2) is 10.1. The van der Waals surface area contributed by atoms with Crippen LogP contribution in [0.1, 0.15) is 33.0 Å². The Hall–Kier alpha value is -3.93. The van der Waals surface area contributed by atoms with Gasteiger partial charge in [0.25, 0.3) is 5.91 Å². The highest BCUT2D eigenvalue weighted by Gasteiger charge is 2.41. The predicted octanol–water partition coefficient (Wildman–Crippen LogP) is 2.25. The maximum atomic E-state index is 12.8. The molecule has 0 saturated heterocycles. The molecule has 5 N–H and O–H groups in total. The lowest BCUT2D eigenvalue weighted by atomic mass is 9.82. The van der Waals surface area contributed by atoms with Gasteiger partial charge in [0.2, 0.25) is 0 Å². The number of carbonyl (C=O) groups excluding carboxylic acids is 1. The van der Waals surface area contributed by atoms with Crippen LogP contribution in [0.5, 0.6) is 0 Å². The summed E-state index contributed by atoms with van der Waals surface area (Å²) in [5.74, 6) is -4.62. The van der Waals surface area contributed by atoms with E-state index < -0.39 is 30.9 Å². The fourth-order valence-electron chi connectivity index (χ4n) is 3.35. The zero-order valence-electron chi connectivity index (χ0n) is 17.2. The summed E-state index contributed by atoms with van der Waals surface area (Å²) in [6.07, 6.45) is -5.84. The Kier molecular flexibility index (Phi) is 7.77. The van der Waals surface area contributed by atoms with Crippen molar-refractivity contribution in [2.45, 2.75) is 18.3 Å². The monoisotopic (exact) mass is 467 g/mol. The minimum absolute atomic E-state index is 0.0356. The Morgan fingerprint density at radius 3 is 2.12 bits per heavy atom. The van der Waals surface area contributed by atoms with E-state index in [0.717, 1.165) is 11.1 Å². The number of fused-ring (bicyclic) bond motifs is 1. The van der Waals surface area contributed by atoms with Gasteiger partial charge >= 0.3 is 18.1 Å². The fraction of sp³-hybridized carbons (Fsp3) is 0.238. The Morgan fingerprint density at radius 1 is 1.12 bits per heavy atom. The molecular weight excluding hydrogens is 447 g/mol. The van der Waals surface area contributed by atoms with E-state index in [4.69, 9.17) is 25.8 Å². The van der Waals surface area contributed by atoms with Crippen molar-refractivity contribution in [1.29, 1.82) is 5.41 Å². The summed E-state index contributed by atoms with van der Waals surface area (Å²) in [5.41, 5.74) is 8.18. The third-order valence-corrected chi connectivity index (χ3v) is 4.75. The maximum absolute atomic E-state index is 12.8. The van der Waals surface area contributed by atoms with Crippen molar-refractivity contribution in [2.75, 3.05) is 13.7 Å². The van der Waals surface area contributed by atoms with Crippen molar-refractivity contribution in [3.63, 3.8) is 0 Å². The molecule has 0 saturated carbocycles. The van der Waals surface area contributed by atoms with Crippen molar-refractivity contribution in [3.05, 3.63) is 70.8 Å². The van der Waals surface area contributed by atoms with Crippen molar-refractivity contribution >= 4 is 23.7 Å². The summed E-state index contributed by atoms with van der Waals surface area (Å²) in [4.78, 5) is 34.2. The van der Waals surface area contributed by atoms with Crippen LogP contribution < -0.4 is 5.73 Å². The van der Waals surface area contributed by atoms with Gasteiger partial charge in [-0.2, -0.15) is 13.2 Å². The van der Waals surface area contributed by atoms with Crippen LogP contribution in [0, 0.1) is 5.41 Å². The molecule has 2 aromatic carbocycles. The number of carbonyl (C=O) groups is 3. The summed E-state index contributed by atoms with van der Waals surface area (Å²) in [6, 6.07) is 14.2. The van der Waals surface area contributed by atoms with Crippen molar-refractivity contribution < 1.29 is 42.5 Å². The van der Waals surface area contributed by atoms with Crippen LogP contribution in [-0.2, 0) is 14.3 Å². The Balaban J connectivity index is 0.000000479. The van der Waals surface area contributed by atoms with Gasteiger partial charge in [0.15, 0.2) is 0 Å². The lowest BCUT2D eigenvalue weighted by Gasteiger charge is -2.40. The van der Waals surface area contributed by atoms with Gasteiger partial charge in [-0.3, -0.25) is 15.0 Å². The number of rotatable bonds is 5. The fourth-order valence-corrected chi connectivity index (χ4v) is 3.35. The number of methoxy groups -OCH3 is 1. The summed E-state index contributed by atoms with van der Waals surface area (Å²) >= 11 is 0. The molecule has 9 nitrogen and oxygen atoms in total. The van der Waals surface area contributed by atoms with Gasteiger partial charge in [0.1, 0.15) is 18.6 Å². The molecule has 1 aliphatic rings. The molecule has 176 valence electrons. The number of nitrogen functional groups attached to an aromatic ring is 1. The van der Waals surface area contributed by atoms with Gasteiger partial charge in [-0.1, -0.05) is 42.5 Å². The number of benzene rings is 2. The van der Waals surface area contributed by atoms with Crippen molar-refractivity contribution in [2.24, 2.45) is 5.73 Å². The second-order valence-corrected chi connectivity index (χ2v) is 6.86. The van der Waals surface area contributed by atoms with E-state index in [9.17, 15) is 27.9 Å². The molecule has 2 atom stereocenters. The van der Waals surface area contributed by atoms with Gasteiger partial charge in [0, 0.05) is 18.2 Å². The Morgan fingerprint density at radius 2 is 1.67 bits per heavy atom. The number of hydrogen-bond acceptors (Lipinski definition) is 5. The normalized spacial score (nSPS) is 17.5. The third kappa shape index (κ3) is 5.86. The Bertz CT molecular complexity index is 1060. The first-order chi connectivity index (χ1) is 15.4.